The molecule has 1 amide bonds. The molecule has 1 aliphatic rings. The third kappa shape index (κ3) is 2.38. The molecule has 0 atom stereocenters. The van der Waals surface area contributed by atoms with Crippen molar-refractivity contribution >= 4 is 17.3 Å². The third-order valence-corrected chi connectivity index (χ3v) is 3.10. The van der Waals surface area contributed by atoms with E-state index in [1.807, 2.05) is 18.2 Å². The van der Waals surface area contributed by atoms with Crippen LogP contribution in [0.3, 0.4) is 0 Å². The van der Waals surface area contributed by atoms with Gasteiger partial charge in [-0.25, -0.2) is 0 Å². The first-order chi connectivity index (χ1) is 9.22. The average molecular weight is 254 g/mol. The number of carbonyl (C=O) groups is 1. The molecule has 0 bridgehead atoms. The van der Waals surface area contributed by atoms with E-state index in [1.54, 1.807) is 24.3 Å². The molecule has 0 aliphatic carbocycles. The van der Waals surface area contributed by atoms with E-state index >= 15 is 0 Å². The summed E-state index contributed by atoms with van der Waals surface area (Å²) in [4.78, 5) is 12.1. The Labute approximate surface area is 111 Å². The van der Waals surface area contributed by atoms with Gasteiger partial charge in [0.2, 0.25) is 0 Å². The van der Waals surface area contributed by atoms with Gasteiger partial charge in [0.15, 0.2) is 0 Å². The van der Waals surface area contributed by atoms with Gasteiger partial charge in [0.25, 0.3) is 5.91 Å². The van der Waals surface area contributed by atoms with Gasteiger partial charge in [0, 0.05) is 23.4 Å². The first-order valence-electron chi connectivity index (χ1n) is 6.15. The first kappa shape index (κ1) is 11.6. The second kappa shape index (κ2) is 4.65. The number of hydrogen-bond acceptors (Lipinski definition) is 3. The summed E-state index contributed by atoms with van der Waals surface area (Å²) < 4.78 is 5.43. The fourth-order valence-electron chi connectivity index (χ4n) is 2.15. The van der Waals surface area contributed by atoms with Crippen molar-refractivity contribution in [3.63, 3.8) is 0 Å². The van der Waals surface area contributed by atoms with Crippen LogP contribution in [0.4, 0.5) is 11.4 Å². The van der Waals surface area contributed by atoms with Gasteiger partial charge in [-0.1, -0.05) is 6.07 Å². The summed E-state index contributed by atoms with van der Waals surface area (Å²) in [6, 6.07) is 12.6. The molecular formula is C15H14N2O2. The summed E-state index contributed by atoms with van der Waals surface area (Å²) in [6.45, 7) is 0.710. The Balaban J connectivity index is 1.80. The topological polar surface area (TPSA) is 64.4 Å². The zero-order valence-corrected chi connectivity index (χ0v) is 10.3. The van der Waals surface area contributed by atoms with Gasteiger partial charge in [-0.3, -0.25) is 4.79 Å². The zero-order chi connectivity index (χ0) is 13.2. The maximum absolute atomic E-state index is 12.1. The summed E-state index contributed by atoms with van der Waals surface area (Å²) in [5.41, 5.74) is 8.70. The quantitative estimate of drug-likeness (QED) is 0.809. The fourth-order valence-corrected chi connectivity index (χ4v) is 2.15. The van der Waals surface area contributed by atoms with Crippen LogP contribution in [0.1, 0.15) is 15.9 Å². The molecule has 96 valence electrons. The summed E-state index contributed by atoms with van der Waals surface area (Å²) in [5, 5.41) is 2.87. The van der Waals surface area contributed by atoms with E-state index in [9.17, 15) is 4.79 Å². The number of amides is 1. The minimum Gasteiger partial charge on any atom is -0.493 e. The van der Waals surface area contributed by atoms with E-state index < -0.39 is 0 Å². The van der Waals surface area contributed by atoms with E-state index in [4.69, 9.17) is 10.5 Å². The maximum Gasteiger partial charge on any atom is 0.255 e. The maximum atomic E-state index is 12.1. The van der Waals surface area contributed by atoms with Crippen LogP contribution < -0.4 is 15.8 Å². The van der Waals surface area contributed by atoms with Crippen molar-refractivity contribution in [3.8, 4) is 5.75 Å². The smallest absolute Gasteiger partial charge is 0.255 e. The van der Waals surface area contributed by atoms with Gasteiger partial charge in [0.1, 0.15) is 5.75 Å². The van der Waals surface area contributed by atoms with Crippen LogP contribution >= 0.6 is 0 Å². The van der Waals surface area contributed by atoms with Crippen LogP contribution in [-0.2, 0) is 6.42 Å². The summed E-state index contributed by atoms with van der Waals surface area (Å²) >= 11 is 0. The molecule has 0 spiro atoms. The van der Waals surface area contributed by atoms with Crippen molar-refractivity contribution in [1.82, 2.24) is 0 Å². The highest BCUT2D eigenvalue weighted by molar-refractivity contribution is 6.04. The molecule has 3 rings (SSSR count). The Bertz CT molecular complexity index is 638. The van der Waals surface area contributed by atoms with Crippen molar-refractivity contribution in [3.05, 3.63) is 53.6 Å². The standard InChI is InChI=1S/C15H14N2O2/c16-12-3-1-2-11(8-12)15(18)17-13-4-5-14-10(9-13)6-7-19-14/h1-5,8-9H,6-7,16H2,(H,17,18). The van der Waals surface area contributed by atoms with Gasteiger partial charge in [-0.2, -0.15) is 0 Å². The highest BCUT2D eigenvalue weighted by atomic mass is 16.5. The molecular weight excluding hydrogens is 240 g/mol. The van der Waals surface area contributed by atoms with E-state index in [2.05, 4.69) is 5.32 Å². The minimum atomic E-state index is -0.161. The highest BCUT2D eigenvalue weighted by Gasteiger charge is 2.13. The number of carbonyl (C=O) groups excluding carboxylic acids is 1. The molecule has 3 N–H and O–H groups in total. The Hall–Kier alpha value is -2.49. The molecule has 0 aromatic heterocycles. The molecule has 19 heavy (non-hydrogen) atoms. The number of nitrogen functional groups attached to an aromatic ring is 1. The Kier molecular flexibility index (Phi) is 2.83. The normalized spacial score (nSPS) is 12.6. The van der Waals surface area contributed by atoms with E-state index in [-0.39, 0.29) is 5.91 Å². The lowest BCUT2D eigenvalue weighted by molar-refractivity contribution is 0.102. The second-order valence-corrected chi connectivity index (χ2v) is 4.50. The van der Waals surface area contributed by atoms with Crippen molar-refractivity contribution in [2.45, 2.75) is 6.42 Å². The summed E-state index contributed by atoms with van der Waals surface area (Å²) in [5.74, 6) is 0.744. The number of anilines is 2. The van der Waals surface area contributed by atoms with Crippen molar-refractivity contribution in [1.29, 1.82) is 0 Å². The van der Waals surface area contributed by atoms with Gasteiger partial charge in [-0.15, -0.1) is 0 Å². The largest absolute Gasteiger partial charge is 0.493 e. The highest BCUT2D eigenvalue weighted by Crippen LogP contribution is 2.28. The van der Waals surface area contributed by atoms with Crippen LogP contribution in [0.15, 0.2) is 42.5 Å². The van der Waals surface area contributed by atoms with Crippen LogP contribution in [0.2, 0.25) is 0 Å². The Morgan fingerprint density at radius 2 is 2.11 bits per heavy atom. The zero-order valence-electron chi connectivity index (χ0n) is 10.3. The molecule has 0 radical (unpaired) electrons. The number of hydrogen-bond donors (Lipinski definition) is 2. The van der Waals surface area contributed by atoms with Gasteiger partial charge >= 0.3 is 0 Å². The molecule has 1 heterocycles. The fraction of sp³-hybridized carbons (Fsp3) is 0.133. The molecule has 4 heteroatoms. The molecule has 2 aromatic rings. The van der Waals surface area contributed by atoms with E-state index in [0.29, 0.717) is 17.9 Å². The van der Waals surface area contributed by atoms with Crippen molar-refractivity contribution in [2.24, 2.45) is 0 Å². The second-order valence-electron chi connectivity index (χ2n) is 4.50. The molecule has 4 nitrogen and oxygen atoms in total. The third-order valence-electron chi connectivity index (χ3n) is 3.10. The lowest BCUT2D eigenvalue weighted by Gasteiger charge is -2.07. The summed E-state index contributed by atoms with van der Waals surface area (Å²) in [6.07, 6.45) is 0.886. The monoisotopic (exact) mass is 254 g/mol. The average Bonchev–Trinajstić information content (AvgIpc) is 2.86. The van der Waals surface area contributed by atoms with Gasteiger partial charge in [0.05, 0.1) is 6.61 Å². The lowest BCUT2D eigenvalue weighted by Crippen LogP contribution is -2.12. The minimum absolute atomic E-state index is 0.161. The van der Waals surface area contributed by atoms with Crippen molar-refractivity contribution < 1.29 is 9.53 Å². The number of ether oxygens (including phenoxy) is 1. The van der Waals surface area contributed by atoms with Crippen LogP contribution in [0.25, 0.3) is 0 Å². The van der Waals surface area contributed by atoms with Gasteiger partial charge < -0.3 is 15.8 Å². The molecule has 0 saturated heterocycles. The SMILES string of the molecule is Nc1cccc(C(=O)Nc2ccc3c(c2)CCO3)c1. The van der Waals surface area contributed by atoms with Crippen LogP contribution in [0, 0.1) is 0 Å². The molecule has 0 unspecified atom stereocenters. The predicted molar refractivity (Wildman–Crippen MR) is 74.4 cm³/mol. The lowest BCUT2D eigenvalue weighted by atomic mass is 10.1. The number of nitrogens with two attached hydrogens (primary N) is 1. The molecule has 2 aromatic carbocycles. The number of rotatable bonds is 2. The predicted octanol–water partition coefficient (Wildman–Crippen LogP) is 2.46. The van der Waals surface area contributed by atoms with Crippen LogP contribution in [0.5, 0.6) is 5.75 Å². The number of nitrogens with one attached hydrogen (secondary N) is 1. The molecule has 0 fully saturated rings. The van der Waals surface area contributed by atoms with E-state index in [1.165, 1.54) is 0 Å². The molecule has 0 saturated carbocycles. The Morgan fingerprint density at radius 1 is 1.21 bits per heavy atom. The van der Waals surface area contributed by atoms with Gasteiger partial charge in [-0.05, 0) is 42.0 Å². The summed E-state index contributed by atoms with van der Waals surface area (Å²) in [7, 11) is 0. The number of fused-ring (bicyclic) bond motifs is 1. The van der Waals surface area contributed by atoms with Crippen LogP contribution in [-0.4, -0.2) is 12.5 Å². The van der Waals surface area contributed by atoms with Crippen molar-refractivity contribution in [2.75, 3.05) is 17.7 Å². The molecule has 1 aliphatic heterocycles. The first-order valence-corrected chi connectivity index (χ1v) is 6.15. The van der Waals surface area contributed by atoms with E-state index in [0.717, 1.165) is 23.4 Å². The number of benzene rings is 2. The Morgan fingerprint density at radius 3 is 2.95 bits per heavy atom.